The maximum absolute atomic E-state index is 12.2. The molecular formula is C19H22N2O3. The Bertz CT molecular complexity index is 722. The lowest BCUT2D eigenvalue weighted by molar-refractivity contribution is 0.104. The molecule has 2 aromatic rings. The molecule has 0 aliphatic rings. The van der Waals surface area contributed by atoms with Crippen LogP contribution < -0.4 is 19.7 Å². The summed E-state index contributed by atoms with van der Waals surface area (Å²) in [5.74, 6) is 1.01. The number of allylic oxidation sites excluding steroid dienone is 1. The van der Waals surface area contributed by atoms with Crippen LogP contribution in [0.3, 0.4) is 0 Å². The van der Waals surface area contributed by atoms with Crippen molar-refractivity contribution >= 4 is 17.2 Å². The third-order valence-corrected chi connectivity index (χ3v) is 3.54. The molecule has 0 aliphatic heterocycles. The van der Waals surface area contributed by atoms with Crippen LogP contribution in [-0.2, 0) is 0 Å². The number of carbonyl (C=O) groups is 1. The van der Waals surface area contributed by atoms with Crippen molar-refractivity contribution in [1.82, 2.24) is 0 Å². The number of carbonyl (C=O) groups excluding carboxylic acids is 1. The van der Waals surface area contributed by atoms with Crippen molar-refractivity contribution in [1.29, 1.82) is 0 Å². The minimum Gasteiger partial charge on any atom is -0.493 e. The molecule has 5 nitrogen and oxygen atoms in total. The second-order valence-electron chi connectivity index (χ2n) is 5.35. The Kier molecular flexibility index (Phi) is 5.84. The van der Waals surface area contributed by atoms with Gasteiger partial charge in [0.2, 0.25) is 0 Å². The SMILES string of the molecule is COc1ccc(C(=O)C=CNc2ccc(N(C)C)cc2)cc1OC. The first-order valence-corrected chi connectivity index (χ1v) is 7.52. The van der Waals surface area contributed by atoms with Gasteiger partial charge in [-0.3, -0.25) is 4.79 Å². The summed E-state index contributed by atoms with van der Waals surface area (Å²) in [5, 5.41) is 3.09. The topological polar surface area (TPSA) is 50.8 Å². The standard InChI is InChI=1S/C19H22N2O3/c1-21(2)16-8-6-15(7-9-16)20-12-11-17(22)14-5-10-18(23-3)19(13-14)24-4/h5-13,20H,1-4H3. The van der Waals surface area contributed by atoms with Crippen LogP contribution in [0, 0.1) is 0 Å². The van der Waals surface area contributed by atoms with E-state index in [1.807, 2.05) is 43.3 Å². The van der Waals surface area contributed by atoms with Gasteiger partial charge in [0, 0.05) is 43.3 Å². The number of ether oxygens (including phenoxy) is 2. The number of hydrogen-bond acceptors (Lipinski definition) is 5. The number of methoxy groups -OCH3 is 2. The first-order valence-electron chi connectivity index (χ1n) is 7.52. The molecule has 0 bridgehead atoms. The second-order valence-corrected chi connectivity index (χ2v) is 5.35. The van der Waals surface area contributed by atoms with E-state index in [4.69, 9.17) is 9.47 Å². The maximum atomic E-state index is 12.2. The number of hydrogen-bond donors (Lipinski definition) is 1. The smallest absolute Gasteiger partial charge is 0.187 e. The number of ketones is 1. The lowest BCUT2D eigenvalue weighted by Gasteiger charge is -2.12. The zero-order valence-electron chi connectivity index (χ0n) is 14.4. The van der Waals surface area contributed by atoms with Crippen molar-refractivity contribution in [3.8, 4) is 11.5 Å². The molecule has 0 unspecified atom stereocenters. The molecule has 0 aromatic heterocycles. The monoisotopic (exact) mass is 326 g/mol. The Balaban J connectivity index is 2.02. The Morgan fingerprint density at radius 3 is 2.25 bits per heavy atom. The van der Waals surface area contributed by atoms with E-state index < -0.39 is 0 Å². The summed E-state index contributed by atoms with van der Waals surface area (Å²) in [7, 11) is 7.08. The van der Waals surface area contributed by atoms with Crippen molar-refractivity contribution in [2.75, 3.05) is 38.5 Å². The van der Waals surface area contributed by atoms with E-state index in [1.165, 1.54) is 6.08 Å². The minimum absolute atomic E-state index is 0.117. The Hall–Kier alpha value is -2.95. The fourth-order valence-corrected chi connectivity index (χ4v) is 2.16. The van der Waals surface area contributed by atoms with E-state index in [2.05, 4.69) is 5.32 Å². The molecule has 0 amide bonds. The number of nitrogens with zero attached hydrogens (tertiary/aromatic N) is 1. The zero-order chi connectivity index (χ0) is 17.5. The summed E-state index contributed by atoms with van der Waals surface area (Å²) in [6, 6.07) is 13.0. The number of benzene rings is 2. The predicted molar refractivity (Wildman–Crippen MR) is 97.4 cm³/mol. The van der Waals surface area contributed by atoms with E-state index in [0.717, 1.165) is 11.4 Å². The quantitative estimate of drug-likeness (QED) is 0.622. The van der Waals surface area contributed by atoms with Gasteiger partial charge in [0.25, 0.3) is 0 Å². The summed E-state index contributed by atoms with van der Waals surface area (Å²) < 4.78 is 10.4. The molecule has 2 aromatic carbocycles. The van der Waals surface area contributed by atoms with Gasteiger partial charge < -0.3 is 19.7 Å². The van der Waals surface area contributed by atoms with Crippen molar-refractivity contribution in [2.24, 2.45) is 0 Å². The van der Waals surface area contributed by atoms with Gasteiger partial charge in [-0.05, 0) is 42.5 Å². The fourth-order valence-electron chi connectivity index (χ4n) is 2.16. The van der Waals surface area contributed by atoms with Crippen molar-refractivity contribution < 1.29 is 14.3 Å². The highest BCUT2D eigenvalue weighted by Crippen LogP contribution is 2.27. The van der Waals surface area contributed by atoms with Gasteiger partial charge in [-0.1, -0.05) is 0 Å². The first kappa shape index (κ1) is 17.4. The summed E-state index contributed by atoms with van der Waals surface area (Å²) in [5.41, 5.74) is 2.57. The van der Waals surface area contributed by atoms with Gasteiger partial charge in [-0.25, -0.2) is 0 Å². The fraction of sp³-hybridized carbons (Fsp3) is 0.211. The molecule has 0 saturated carbocycles. The van der Waals surface area contributed by atoms with E-state index in [1.54, 1.807) is 38.6 Å². The first-order chi connectivity index (χ1) is 11.5. The molecule has 0 aliphatic carbocycles. The van der Waals surface area contributed by atoms with Gasteiger partial charge >= 0.3 is 0 Å². The number of anilines is 2. The van der Waals surface area contributed by atoms with E-state index in [9.17, 15) is 4.79 Å². The largest absolute Gasteiger partial charge is 0.493 e. The lowest BCUT2D eigenvalue weighted by atomic mass is 10.1. The van der Waals surface area contributed by atoms with E-state index in [0.29, 0.717) is 17.1 Å². The van der Waals surface area contributed by atoms with Crippen LogP contribution >= 0.6 is 0 Å². The second kappa shape index (κ2) is 8.06. The third-order valence-electron chi connectivity index (χ3n) is 3.54. The molecule has 0 radical (unpaired) electrons. The predicted octanol–water partition coefficient (Wildman–Crippen LogP) is 3.58. The third kappa shape index (κ3) is 4.29. The molecular weight excluding hydrogens is 304 g/mol. The highest BCUT2D eigenvalue weighted by molar-refractivity contribution is 6.05. The Morgan fingerprint density at radius 1 is 1.00 bits per heavy atom. The average molecular weight is 326 g/mol. The maximum Gasteiger partial charge on any atom is 0.187 e. The van der Waals surface area contributed by atoms with Crippen LogP contribution in [-0.4, -0.2) is 34.1 Å². The van der Waals surface area contributed by atoms with E-state index >= 15 is 0 Å². The van der Waals surface area contributed by atoms with E-state index in [-0.39, 0.29) is 5.78 Å². The summed E-state index contributed by atoms with van der Waals surface area (Å²) in [6.45, 7) is 0. The molecule has 126 valence electrons. The van der Waals surface area contributed by atoms with Gasteiger partial charge in [-0.15, -0.1) is 0 Å². The molecule has 0 atom stereocenters. The summed E-state index contributed by atoms with van der Waals surface area (Å²) in [4.78, 5) is 14.2. The van der Waals surface area contributed by atoms with Gasteiger partial charge in [-0.2, -0.15) is 0 Å². The van der Waals surface area contributed by atoms with Gasteiger partial charge in [0.05, 0.1) is 14.2 Å². The highest BCUT2D eigenvalue weighted by atomic mass is 16.5. The lowest BCUT2D eigenvalue weighted by Crippen LogP contribution is -2.08. The van der Waals surface area contributed by atoms with Crippen molar-refractivity contribution in [3.05, 3.63) is 60.3 Å². The van der Waals surface area contributed by atoms with Crippen LogP contribution in [0.25, 0.3) is 0 Å². The van der Waals surface area contributed by atoms with Crippen LogP contribution in [0.2, 0.25) is 0 Å². The average Bonchev–Trinajstić information content (AvgIpc) is 2.61. The Labute approximate surface area is 142 Å². The van der Waals surface area contributed by atoms with Crippen molar-refractivity contribution in [2.45, 2.75) is 0 Å². The molecule has 0 saturated heterocycles. The molecule has 2 rings (SSSR count). The van der Waals surface area contributed by atoms with Crippen LogP contribution in [0.5, 0.6) is 11.5 Å². The number of rotatable bonds is 7. The molecule has 0 spiro atoms. The summed E-state index contributed by atoms with van der Waals surface area (Å²) in [6.07, 6.45) is 3.12. The molecule has 24 heavy (non-hydrogen) atoms. The highest BCUT2D eigenvalue weighted by Gasteiger charge is 2.08. The molecule has 5 heteroatoms. The van der Waals surface area contributed by atoms with Crippen LogP contribution in [0.15, 0.2) is 54.7 Å². The van der Waals surface area contributed by atoms with Gasteiger partial charge in [0.15, 0.2) is 17.3 Å². The minimum atomic E-state index is -0.117. The van der Waals surface area contributed by atoms with Crippen molar-refractivity contribution in [3.63, 3.8) is 0 Å². The number of nitrogens with one attached hydrogen (secondary N) is 1. The van der Waals surface area contributed by atoms with Gasteiger partial charge in [0.1, 0.15) is 0 Å². The molecule has 0 fully saturated rings. The molecule has 1 N–H and O–H groups in total. The molecule has 0 heterocycles. The normalized spacial score (nSPS) is 10.5. The Morgan fingerprint density at radius 2 is 1.67 bits per heavy atom. The summed E-state index contributed by atoms with van der Waals surface area (Å²) >= 11 is 0. The van der Waals surface area contributed by atoms with Crippen LogP contribution in [0.1, 0.15) is 10.4 Å². The zero-order valence-corrected chi connectivity index (χ0v) is 14.4. The van der Waals surface area contributed by atoms with Crippen LogP contribution in [0.4, 0.5) is 11.4 Å².